The van der Waals surface area contributed by atoms with Gasteiger partial charge in [0.15, 0.2) is 0 Å². The van der Waals surface area contributed by atoms with Crippen LogP contribution in [0, 0.1) is 11.8 Å². The molecule has 1 saturated heterocycles. The molecule has 1 unspecified atom stereocenters. The lowest BCUT2D eigenvalue weighted by atomic mass is 9.95. The number of rotatable bonds is 5. The number of carboxylic acid groups (broad SMARTS) is 1. The van der Waals surface area contributed by atoms with Crippen molar-refractivity contribution in [2.45, 2.75) is 19.0 Å². The van der Waals surface area contributed by atoms with Gasteiger partial charge in [0.1, 0.15) is 0 Å². The van der Waals surface area contributed by atoms with Crippen molar-refractivity contribution < 1.29 is 9.90 Å². The molecule has 0 spiro atoms. The quantitative estimate of drug-likeness (QED) is 0.622. The Bertz CT molecular complexity index is 1090. The molecule has 4 nitrogen and oxygen atoms in total. The number of hydrogen-bond donors (Lipinski definition) is 1. The minimum atomic E-state index is -0.767. The van der Waals surface area contributed by atoms with Crippen molar-refractivity contribution in [3.05, 3.63) is 107 Å². The molecule has 32 heavy (non-hydrogen) atoms. The molecule has 1 N–H and O–H groups in total. The van der Waals surface area contributed by atoms with Crippen molar-refractivity contribution in [3.63, 3.8) is 0 Å². The van der Waals surface area contributed by atoms with Gasteiger partial charge >= 0.3 is 5.97 Å². The van der Waals surface area contributed by atoms with E-state index in [1.807, 2.05) is 41.3 Å². The van der Waals surface area contributed by atoms with Crippen molar-refractivity contribution in [1.29, 1.82) is 0 Å². The van der Waals surface area contributed by atoms with E-state index in [1.54, 1.807) is 0 Å². The number of aliphatic carboxylic acids is 1. The maximum absolute atomic E-state index is 11.2. The van der Waals surface area contributed by atoms with Crippen LogP contribution in [0.2, 0.25) is 0 Å². The van der Waals surface area contributed by atoms with E-state index < -0.39 is 5.97 Å². The molecule has 3 aromatic carbocycles. The summed E-state index contributed by atoms with van der Waals surface area (Å²) < 4.78 is 0. The first-order chi connectivity index (χ1) is 15.6. The van der Waals surface area contributed by atoms with Crippen LogP contribution in [0.3, 0.4) is 0 Å². The summed E-state index contributed by atoms with van der Waals surface area (Å²) in [5, 5.41) is 9.19. The molecule has 0 aromatic heterocycles. The van der Waals surface area contributed by atoms with Crippen LogP contribution in [0.4, 0.5) is 0 Å². The lowest BCUT2D eigenvalue weighted by Gasteiger charge is -2.43. The van der Waals surface area contributed by atoms with Gasteiger partial charge in [0.05, 0.1) is 12.6 Å². The average Bonchev–Trinajstić information content (AvgIpc) is 2.82. The topological polar surface area (TPSA) is 43.8 Å². The molecule has 4 heteroatoms. The second kappa shape index (κ2) is 10.3. The molecule has 2 atom stereocenters. The van der Waals surface area contributed by atoms with Crippen molar-refractivity contribution in [1.82, 2.24) is 9.80 Å². The van der Waals surface area contributed by atoms with Gasteiger partial charge in [-0.25, -0.2) is 0 Å². The number of piperazine rings is 1. The molecular formula is C28H28N2O2. The van der Waals surface area contributed by atoms with E-state index in [1.165, 1.54) is 11.1 Å². The molecule has 162 valence electrons. The molecule has 0 amide bonds. The molecule has 0 saturated carbocycles. The first kappa shape index (κ1) is 21.8. The molecule has 1 fully saturated rings. The van der Waals surface area contributed by atoms with Crippen molar-refractivity contribution in [2.75, 3.05) is 26.2 Å². The molecule has 1 aliphatic rings. The van der Waals surface area contributed by atoms with E-state index in [-0.39, 0.29) is 18.6 Å². The smallest absolute Gasteiger partial charge is 0.317 e. The van der Waals surface area contributed by atoms with E-state index >= 15 is 0 Å². The van der Waals surface area contributed by atoms with E-state index in [9.17, 15) is 9.90 Å². The maximum atomic E-state index is 11.2. The standard InChI is InChI=1S/C28H28N2O2/c1-22-20-30(19-18-29(22)21-27(31)32)28(25-10-6-3-7-11-25)26-16-14-24(15-17-26)13-12-23-8-4-2-5-9-23/h2-11,14-17,22,28H,18-21H2,1H3,(H,31,32)/t22?,28-/m0/s1. The Hall–Kier alpha value is -3.39. The van der Waals surface area contributed by atoms with E-state index in [0.29, 0.717) is 0 Å². The predicted molar refractivity (Wildman–Crippen MR) is 127 cm³/mol. The fraction of sp³-hybridized carbons (Fsp3) is 0.250. The normalized spacial score (nSPS) is 17.8. The van der Waals surface area contributed by atoms with Crippen molar-refractivity contribution in [2.24, 2.45) is 0 Å². The monoisotopic (exact) mass is 424 g/mol. The van der Waals surface area contributed by atoms with Crippen LogP contribution >= 0.6 is 0 Å². The number of carbonyl (C=O) groups is 1. The van der Waals surface area contributed by atoms with Crippen LogP contribution in [0.1, 0.15) is 35.2 Å². The maximum Gasteiger partial charge on any atom is 0.317 e. The lowest BCUT2D eigenvalue weighted by molar-refractivity contribution is -0.139. The van der Waals surface area contributed by atoms with E-state index in [4.69, 9.17) is 0 Å². The van der Waals surface area contributed by atoms with Gasteiger partial charge < -0.3 is 5.11 Å². The number of nitrogens with zero attached hydrogens (tertiary/aromatic N) is 2. The summed E-state index contributed by atoms with van der Waals surface area (Å²) in [7, 11) is 0. The number of benzene rings is 3. The zero-order valence-corrected chi connectivity index (χ0v) is 18.3. The van der Waals surface area contributed by atoms with Crippen LogP contribution in [0.5, 0.6) is 0 Å². The lowest BCUT2D eigenvalue weighted by Crippen LogP contribution is -2.54. The third-order valence-corrected chi connectivity index (χ3v) is 5.97. The van der Waals surface area contributed by atoms with Gasteiger partial charge in [-0.3, -0.25) is 14.6 Å². The van der Waals surface area contributed by atoms with Gasteiger partial charge in [-0.1, -0.05) is 72.5 Å². The van der Waals surface area contributed by atoms with Crippen LogP contribution in [-0.2, 0) is 4.79 Å². The molecule has 3 aromatic rings. The summed E-state index contributed by atoms with van der Waals surface area (Å²) in [5.41, 5.74) is 4.46. The van der Waals surface area contributed by atoms with E-state index in [2.05, 4.69) is 72.2 Å². The zero-order valence-electron chi connectivity index (χ0n) is 18.3. The zero-order chi connectivity index (χ0) is 22.3. The summed E-state index contributed by atoms with van der Waals surface area (Å²) >= 11 is 0. The highest BCUT2D eigenvalue weighted by Gasteiger charge is 2.30. The van der Waals surface area contributed by atoms with Gasteiger partial charge in [0.25, 0.3) is 0 Å². The molecule has 0 bridgehead atoms. The summed E-state index contributed by atoms with van der Waals surface area (Å²) in [4.78, 5) is 15.7. The first-order valence-corrected chi connectivity index (χ1v) is 11.0. The first-order valence-electron chi connectivity index (χ1n) is 11.0. The summed E-state index contributed by atoms with van der Waals surface area (Å²) in [6.07, 6.45) is 0. The van der Waals surface area contributed by atoms with Crippen LogP contribution in [0.15, 0.2) is 84.9 Å². The highest BCUT2D eigenvalue weighted by Crippen LogP contribution is 2.30. The van der Waals surface area contributed by atoms with Crippen molar-refractivity contribution >= 4 is 5.97 Å². The fourth-order valence-corrected chi connectivity index (χ4v) is 4.33. The SMILES string of the molecule is CC1CN([C@@H](c2ccccc2)c2ccc(C#Cc3ccccc3)cc2)CCN1CC(=O)O. The van der Waals surface area contributed by atoms with Gasteiger partial charge in [0, 0.05) is 36.8 Å². The van der Waals surface area contributed by atoms with Crippen LogP contribution in [-0.4, -0.2) is 53.1 Å². The van der Waals surface area contributed by atoms with Gasteiger partial charge in [-0.2, -0.15) is 0 Å². The average molecular weight is 425 g/mol. The molecule has 0 aliphatic carbocycles. The van der Waals surface area contributed by atoms with Gasteiger partial charge in [-0.15, -0.1) is 0 Å². The Balaban J connectivity index is 1.57. The molecule has 4 rings (SSSR count). The van der Waals surface area contributed by atoms with Gasteiger partial charge in [0.2, 0.25) is 0 Å². The van der Waals surface area contributed by atoms with E-state index in [0.717, 1.165) is 30.8 Å². The molecule has 1 heterocycles. The Morgan fingerprint density at radius 1 is 0.875 bits per heavy atom. The second-order valence-corrected chi connectivity index (χ2v) is 8.26. The minimum absolute atomic E-state index is 0.0970. The predicted octanol–water partition coefficient (Wildman–Crippen LogP) is 4.27. The molecular weight excluding hydrogens is 396 g/mol. The Kier molecular flexibility index (Phi) is 7.01. The van der Waals surface area contributed by atoms with Crippen LogP contribution < -0.4 is 0 Å². The van der Waals surface area contributed by atoms with Crippen LogP contribution in [0.25, 0.3) is 0 Å². The summed E-state index contributed by atoms with van der Waals surface area (Å²) in [6, 6.07) is 29.4. The third-order valence-electron chi connectivity index (χ3n) is 5.97. The Labute approximate surface area is 190 Å². The molecule has 0 radical (unpaired) electrons. The largest absolute Gasteiger partial charge is 0.480 e. The second-order valence-electron chi connectivity index (χ2n) is 8.26. The molecule has 1 aliphatic heterocycles. The summed E-state index contributed by atoms with van der Waals surface area (Å²) in [5.74, 6) is 5.70. The number of hydrogen-bond acceptors (Lipinski definition) is 3. The Morgan fingerprint density at radius 3 is 2.03 bits per heavy atom. The highest BCUT2D eigenvalue weighted by molar-refractivity contribution is 5.69. The van der Waals surface area contributed by atoms with Crippen molar-refractivity contribution in [3.8, 4) is 11.8 Å². The van der Waals surface area contributed by atoms with Gasteiger partial charge in [-0.05, 0) is 42.3 Å². The highest BCUT2D eigenvalue weighted by atomic mass is 16.4. The summed E-state index contributed by atoms with van der Waals surface area (Å²) in [6.45, 7) is 4.60. The Morgan fingerprint density at radius 2 is 1.44 bits per heavy atom. The minimum Gasteiger partial charge on any atom is -0.480 e. The fourth-order valence-electron chi connectivity index (χ4n) is 4.33. The number of carboxylic acids is 1. The third kappa shape index (κ3) is 5.45.